The summed E-state index contributed by atoms with van der Waals surface area (Å²) in [5.74, 6) is 0.0341. The van der Waals surface area contributed by atoms with Crippen molar-refractivity contribution in [3.8, 4) is 0 Å². The van der Waals surface area contributed by atoms with E-state index in [1.54, 1.807) is 0 Å². The van der Waals surface area contributed by atoms with Crippen molar-refractivity contribution in [1.29, 1.82) is 0 Å². The van der Waals surface area contributed by atoms with Gasteiger partial charge in [-0.1, -0.05) is 44.0 Å². The highest BCUT2D eigenvalue weighted by atomic mass is 16.2. The van der Waals surface area contributed by atoms with Crippen LogP contribution >= 0.6 is 0 Å². The van der Waals surface area contributed by atoms with Crippen LogP contribution in [0.15, 0.2) is 36.4 Å². The van der Waals surface area contributed by atoms with E-state index in [2.05, 4.69) is 25.8 Å². The third-order valence-corrected chi connectivity index (χ3v) is 3.70. The number of hydrogen-bond donors (Lipinski definition) is 0. The number of fused-ring (bicyclic) bond motifs is 1. The van der Waals surface area contributed by atoms with Crippen molar-refractivity contribution in [3.05, 3.63) is 42.1 Å². The van der Waals surface area contributed by atoms with Crippen LogP contribution in [0, 0.1) is 0 Å². The molecule has 1 amide bonds. The minimum absolute atomic E-state index is 0.0341. The molecular formula is C18H24N2O. The number of carbonyl (C=O) groups excluding carboxylic acids is 1. The van der Waals surface area contributed by atoms with Crippen LogP contribution in [0.1, 0.15) is 50.5 Å². The summed E-state index contributed by atoms with van der Waals surface area (Å²) in [6, 6.07) is 11.9. The van der Waals surface area contributed by atoms with Gasteiger partial charge in [0.25, 0.3) is 5.91 Å². The van der Waals surface area contributed by atoms with Crippen LogP contribution in [0.5, 0.6) is 0 Å². The molecule has 0 radical (unpaired) electrons. The monoisotopic (exact) mass is 284 g/mol. The molecule has 0 saturated heterocycles. The minimum atomic E-state index is 0.0341. The van der Waals surface area contributed by atoms with E-state index in [1.165, 1.54) is 0 Å². The Balaban J connectivity index is 2.21. The lowest BCUT2D eigenvalue weighted by Gasteiger charge is -2.26. The SMILES string of the molecule is CCCCCN(C(=O)c1ccc2ccccc2n1)C(C)C. The lowest BCUT2D eigenvalue weighted by Crippen LogP contribution is -2.38. The Bertz CT molecular complexity index is 607. The van der Waals surface area contributed by atoms with Crippen molar-refractivity contribution in [2.45, 2.75) is 46.1 Å². The number of pyridine rings is 1. The van der Waals surface area contributed by atoms with Gasteiger partial charge in [-0.3, -0.25) is 4.79 Å². The standard InChI is InChI=1S/C18H24N2O/c1-4-5-8-13-20(14(2)3)18(21)17-12-11-15-9-6-7-10-16(15)19-17/h6-7,9-12,14H,4-5,8,13H2,1-3H3. The third kappa shape index (κ3) is 3.81. The first-order valence-corrected chi connectivity index (χ1v) is 7.80. The smallest absolute Gasteiger partial charge is 0.272 e. The summed E-state index contributed by atoms with van der Waals surface area (Å²) in [5.41, 5.74) is 1.42. The quantitative estimate of drug-likeness (QED) is 0.742. The molecule has 3 heteroatoms. The first-order valence-electron chi connectivity index (χ1n) is 7.80. The summed E-state index contributed by atoms with van der Waals surface area (Å²) in [7, 11) is 0. The number of carbonyl (C=O) groups is 1. The largest absolute Gasteiger partial charge is 0.335 e. The zero-order valence-corrected chi connectivity index (χ0v) is 13.2. The zero-order chi connectivity index (χ0) is 15.2. The molecule has 0 fully saturated rings. The van der Waals surface area contributed by atoms with E-state index in [4.69, 9.17) is 0 Å². The van der Waals surface area contributed by atoms with Crippen molar-refractivity contribution in [2.24, 2.45) is 0 Å². The van der Waals surface area contributed by atoms with Gasteiger partial charge in [-0.05, 0) is 32.4 Å². The first-order chi connectivity index (χ1) is 10.1. The number of nitrogens with zero attached hydrogens (tertiary/aromatic N) is 2. The van der Waals surface area contributed by atoms with Gasteiger partial charge in [0.2, 0.25) is 0 Å². The molecule has 0 aliphatic rings. The number of amides is 1. The number of hydrogen-bond acceptors (Lipinski definition) is 2. The summed E-state index contributed by atoms with van der Waals surface area (Å²) in [6.07, 6.45) is 3.37. The lowest BCUT2D eigenvalue weighted by molar-refractivity contribution is 0.0696. The molecule has 1 aromatic heterocycles. The van der Waals surface area contributed by atoms with Crippen LogP contribution in [0.25, 0.3) is 10.9 Å². The molecule has 0 saturated carbocycles. The number of benzene rings is 1. The second-order valence-electron chi connectivity index (χ2n) is 5.69. The van der Waals surface area contributed by atoms with E-state index in [1.807, 2.05) is 41.3 Å². The molecule has 0 spiro atoms. The number of aromatic nitrogens is 1. The van der Waals surface area contributed by atoms with Crippen molar-refractivity contribution < 1.29 is 4.79 Å². The normalized spacial score (nSPS) is 11.0. The zero-order valence-electron chi connectivity index (χ0n) is 13.2. The predicted molar refractivity (Wildman–Crippen MR) is 87.4 cm³/mol. The van der Waals surface area contributed by atoms with Crippen molar-refractivity contribution in [2.75, 3.05) is 6.54 Å². The van der Waals surface area contributed by atoms with Gasteiger partial charge in [-0.15, -0.1) is 0 Å². The molecule has 0 N–H and O–H groups in total. The van der Waals surface area contributed by atoms with Crippen LogP contribution in [-0.4, -0.2) is 28.4 Å². The molecule has 2 rings (SSSR count). The number of para-hydroxylation sites is 1. The van der Waals surface area contributed by atoms with E-state index in [0.717, 1.165) is 36.7 Å². The number of rotatable bonds is 6. The summed E-state index contributed by atoms with van der Waals surface area (Å²) < 4.78 is 0. The van der Waals surface area contributed by atoms with E-state index in [-0.39, 0.29) is 11.9 Å². The molecule has 112 valence electrons. The molecule has 0 atom stereocenters. The van der Waals surface area contributed by atoms with Gasteiger partial charge in [-0.2, -0.15) is 0 Å². The molecular weight excluding hydrogens is 260 g/mol. The van der Waals surface area contributed by atoms with Gasteiger partial charge in [0.05, 0.1) is 5.52 Å². The van der Waals surface area contributed by atoms with Crippen molar-refractivity contribution >= 4 is 16.8 Å². The molecule has 2 aromatic rings. The molecule has 0 bridgehead atoms. The Kier molecular flexibility index (Phi) is 5.32. The Hall–Kier alpha value is -1.90. The average molecular weight is 284 g/mol. The maximum absolute atomic E-state index is 12.7. The van der Waals surface area contributed by atoms with Crippen LogP contribution < -0.4 is 0 Å². The number of unbranched alkanes of at least 4 members (excludes halogenated alkanes) is 2. The molecule has 0 aliphatic carbocycles. The van der Waals surface area contributed by atoms with Crippen LogP contribution in [0.2, 0.25) is 0 Å². The molecule has 1 aromatic carbocycles. The second-order valence-corrected chi connectivity index (χ2v) is 5.69. The maximum atomic E-state index is 12.7. The fraction of sp³-hybridized carbons (Fsp3) is 0.444. The topological polar surface area (TPSA) is 33.2 Å². The van der Waals surface area contributed by atoms with Gasteiger partial charge < -0.3 is 4.90 Å². The second kappa shape index (κ2) is 7.21. The summed E-state index contributed by atoms with van der Waals surface area (Å²) in [4.78, 5) is 19.1. The summed E-state index contributed by atoms with van der Waals surface area (Å²) >= 11 is 0. The Morgan fingerprint density at radius 1 is 1.14 bits per heavy atom. The van der Waals surface area contributed by atoms with Crippen LogP contribution in [0.4, 0.5) is 0 Å². The van der Waals surface area contributed by atoms with Gasteiger partial charge in [-0.25, -0.2) is 4.98 Å². The van der Waals surface area contributed by atoms with Crippen LogP contribution in [0.3, 0.4) is 0 Å². The molecule has 21 heavy (non-hydrogen) atoms. The van der Waals surface area contributed by atoms with Gasteiger partial charge >= 0.3 is 0 Å². The third-order valence-electron chi connectivity index (χ3n) is 3.70. The fourth-order valence-electron chi connectivity index (χ4n) is 2.46. The molecule has 3 nitrogen and oxygen atoms in total. The van der Waals surface area contributed by atoms with Gasteiger partial charge in [0.1, 0.15) is 5.69 Å². The Morgan fingerprint density at radius 2 is 1.90 bits per heavy atom. The van der Waals surface area contributed by atoms with E-state index in [0.29, 0.717) is 5.69 Å². The summed E-state index contributed by atoms with van der Waals surface area (Å²) in [5, 5.41) is 1.07. The van der Waals surface area contributed by atoms with Gasteiger partial charge in [0, 0.05) is 18.0 Å². The van der Waals surface area contributed by atoms with Gasteiger partial charge in [0.15, 0.2) is 0 Å². The molecule has 0 aliphatic heterocycles. The highest BCUT2D eigenvalue weighted by molar-refractivity contribution is 5.95. The van der Waals surface area contributed by atoms with Crippen molar-refractivity contribution in [3.63, 3.8) is 0 Å². The fourth-order valence-corrected chi connectivity index (χ4v) is 2.46. The lowest BCUT2D eigenvalue weighted by atomic mass is 10.1. The highest BCUT2D eigenvalue weighted by Gasteiger charge is 2.19. The highest BCUT2D eigenvalue weighted by Crippen LogP contribution is 2.14. The van der Waals surface area contributed by atoms with Crippen molar-refractivity contribution in [1.82, 2.24) is 9.88 Å². The predicted octanol–water partition coefficient (Wildman–Crippen LogP) is 4.28. The minimum Gasteiger partial charge on any atom is -0.335 e. The Labute approximate surface area is 127 Å². The Morgan fingerprint density at radius 3 is 2.62 bits per heavy atom. The maximum Gasteiger partial charge on any atom is 0.272 e. The molecule has 1 heterocycles. The molecule has 0 unspecified atom stereocenters. The first kappa shape index (κ1) is 15.5. The van der Waals surface area contributed by atoms with E-state index in [9.17, 15) is 4.79 Å². The average Bonchev–Trinajstić information content (AvgIpc) is 2.50. The van der Waals surface area contributed by atoms with E-state index >= 15 is 0 Å². The van der Waals surface area contributed by atoms with E-state index < -0.39 is 0 Å². The summed E-state index contributed by atoms with van der Waals surface area (Å²) in [6.45, 7) is 7.10. The van der Waals surface area contributed by atoms with Crippen LogP contribution in [-0.2, 0) is 0 Å².